The highest BCUT2D eigenvalue weighted by atomic mass is 16.3. The molecule has 3 heterocycles. The van der Waals surface area contributed by atoms with E-state index in [-0.39, 0.29) is 0 Å². The van der Waals surface area contributed by atoms with Crippen molar-refractivity contribution in [1.29, 1.82) is 0 Å². The van der Waals surface area contributed by atoms with E-state index in [0.29, 0.717) is 17.5 Å². The molecule has 0 aliphatic rings. The summed E-state index contributed by atoms with van der Waals surface area (Å²) in [5, 5.41) is 4.53. The molecule has 5 nitrogen and oxygen atoms in total. The average Bonchev–Trinajstić information content (AvgIpc) is 3.82. The summed E-state index contributed by atoms with van der Waals surface area (Å²) >= 11 is 0. The van der Waals surface area contributed by atoms with Gasteiger partial charge in [0.05, 0.1) is 16.7 Å². The zero-order chi connectivity index (χ0) is 38.7. The van der Waals surface area contributed by atoms with Gasteiger partial charge in [0.2, 0.25) is 0 Å². The van der Waals surface area contributed by atoms with Crippen molar-refractivity contribution < 1.29 is 4.42 Å². The lowest BCUT2D eigenvalue weighted by atomic mass is 9.96. The first-order valence-electron chi connectivity index (χ1n) is 19.6. The highest BCUT2D eigenvalue weighted by Crippen LogP contribution is 2.42. The summed E-state index contributed by atoms with van der Waals surface area (Å²) in [4.78, 5) is 15.6. The topological polar surface area (TPSA) is 56.7 Å². The van der Waals surface area contributed by atoms with Gasteiger partial charge in [-0.15, -0.1) is 0 Å². The molecule has 58 heavy (non-hydrogen) atoms. The zero-order valence-electron chi connectivity index (χ0n) is 32.0. The van der Waals surface area contributed by atoms with Crippen LogP contribution in [0.15, 0.2) is 186 Å². The SMILES string of the molecule is Cc1cc(C)cc(-c2ccc3c(c2)c2ccccc2n3-c2ccc(-c3cccc4oc5ccccc5c34)cc2-c2nc(-c3ccccc3)nc(-c3ccccc3)n2)c1. The van der Waals surface area contributed by atoms with Gasteiger partial charge in [-0.2, -0.15) is 0 Å². The van der Waals surface area contributed by atoms with Crippen LogP contribution in [0.5, 0.6) is 0 Å². The molecule has 274 valence electrons. The lowest BCUT2D eigenvalue weighted by molar-refractivity contribution is 0.669. The van der Waals surface area contributed by atoms with Gasteiger partial charge in [0.1, 0.15) is 11.2 Å². The Bertz CT molecular complexity index is 3280. The van der Waals surface area contributed by atoms with Gasteiger partial charge in [0.25, 0.3) is 0 Å². The van der Waals surface area contributed by atoms with E-state index in [1.165, 1.54) is 33.0 Å². The third-order valence-electron chi connectivity index (χ3n) is 11.1. The first-order chi connectivity index (χ1) is 28.6. The van der Waals surface area contributed by atoms with E-state index < -0.39 is 0 Å². The number of rotatable bonds is 6. The molecule has 0 bridgehead atoms. The van der Waals surface area contributed by atoms with Crippen LogP contribution in [0.2, 0.25) is 0 Å². The highest BCUT2D eigenvalue weighted by molar-refractivity contribution is 6.13. The van der Waals surface area contributed by atoms with Gasteiger partial charge in [-0.3, -0.25) is 0 Å². The van der Waals surface area contributed by atoms with Gasteiger partial charge >= 0.3 is 0 Å². The fourth-order valence-electron chi connectivity index (χ4n) is 8.58. The van der Waals surface area contributed by atoms with Gasteiger partial charge < -0.3 is 8.98 Å². The molecule has 8 aromatic carbocycles. The Hall–Kier alpha value is -7.63. The van der Waals surface area contributed by atoms with Gasteiger partial charge in [-0.1, -0.05) is 151 Å². The Morgan fingerprint density at radius 1 is 0.379 bits per heavy atom. The molecular formula is C53H36N4O. The molecule has 0 radical (unpaired) electrons. The number of para-hydroxylation sites is 2. The smallest absolute Gasteiger partial charge is 0.166 e. The molecular weight excluding hydrogens is 709 g/mol. The molecule has 0 saturated carbocycles. The zero-order valence-corrected chi connectivity index (χ0v) is 32.0. The van der Waals surface area contributed by atoms with E-state index >= 15 is 0 Å². The molecule has 3 aromatic heterocycles. The van der Waals surface area contributed by atoms with E-state index in [1.807, 2.05) is 54.6 Å². The first-order valence-corrected chi connectivity index (χ1v) is 19.6. The summed E-state index contributed by atoms with van der Waals surface area (Å²) in [5.41, 5.74) is 14.7. The summed E-state index contributed by atoms with van der Waals surface area (Å²) in [6, 6.07) is 63.8. The van der Waals surface area contributed by atoms with E-state index in [2.05, 4.69) is 146 Å². The maximum Gasteiger partial charge on any atom is 0.166 e. The van der Waals surface area contributed by atoms with Crippen LogP contribution in [0.3, 0.4) is 0 Å². The van der Waals surface area contributed by atoms with Gasteiger partial charge in [0, 0.05) is 38.2 Å². The Kier molecular flexibility index (Phi) is 7.86. The van der Waals surface area contributed by atoms with Crippen LogP contribution in [-0.4, -0.2) is 19.5 Å². The fraction of sp³-hybridized carbons (Fsp3) is 0.0377. The normalized spacial score (nSPS) is 11.6. The second-order valence-electron chi connectivity index (χ2n) is 15.0. The number of hydrogen-bond donors (Lipinski definition) is 0. The number of hydrogen-bond acceptors (Lipinski definition) is 4. The standard InChI is InChI=1S/C53H36N4O/c1-33-28-34(2)30-39(29-33)37-24-26-46-43(31-37)41-18-9-11-21-45(41)57(46)47-27-25-38(40-20-13-23-49-50(40)42-19-10-12-22-48(42)58-49)32-44(47)53-55-51(35-14-5-3-6-15-35)54-52(56-53)36-16-7-4-8-17-36/h3-32H,1-2H3. The molecule has 0 saturated heterocycles. The molecule has 0 amide bonds. The number of aryl methyl sites for hydroxylation is 2. The molecule has 0 N–H and O–H groups in total. The van der Waals surface area contributed by atoms with Crippen LogP contribution in [0, 0.1) is 13.8 Å². The molecule has 11 aromatic rings. The number of fused-ring (bicyclic) bond motifs is 6. The lowest BCUT2D eigenvalue weighted by Gasteiger charge is -2.17. The Balaban J connectivity index is 1.21. The molecule has 0 aliphatic carbocycles. The molecule has 11 rings (SSSR count). The van der Waals surface area contributed by atoms with Crippen molar-refractivity contribution in [2.45, 2.75) is 13.8 Å². The van der Waals surface area contributed by atoms with E-state index in [4.69, 9.17) is 19.4 Å². The van der Waals surface area contributed by atoms with Crippen LogP contribution in [0.25, 0.3) is 106 Å². The predicted octanol–water partition coefficient (Wildman–Crippen LogP) is 13.8. The summed E-state index contributed by atoms with van der Waals surface area (Å²) in [7, 11) is 0. The van der Waals surface area contributed by atoms with Crippen LogP contribution in [-0.2, 0) is 0 Å². The van der Waals surface area contributed by atoms with E-state index in [9.17, 15) is 0 Å². The largest absolute Gasteiger partial charge is 0.456 e. The molecule has 0 atom stereocenters. The number of benzene rings is 8. The van der Waals surface area contributed by atoms with Crippen molar-refractivity contribution in [1.82, 2.24) is 19.5 Å². The minimum Gasteiger partial charge on any atom is -0.456 e. The van der Waals surface area contributed by atoms with Crippen molar-refractivity contribution in [3.05, 3.63) is 193 Å². The molecule has 0 unspecified atom stereocenters. The van der Waals surface area contributed by atoms with Crippen molar-refractivity contribution >= 4 is 43.7 Å². The Labute approximate surface area is 335 Å². The van der Waals surface area contributed by atoms with Crippen molar-refractivity contribution in [3.63, 3.8) is 0 Å². The van der Waals surface area contributed by atoms with Gasteiger partial charge in [0.15, 0.2) is 17.5 Å². The lowest BCUT2D eigenvalue weighted by Crippen LogP contribution is -2.04. The van der Waals surface area contributed by atoms with Crippen LogP contribution in [0.4, 0.5) is 0 Å². The second-order valence-corrected chi connectivity index (χ2v) is 15.0. The quantitative estimate of drug-likeness (QED) is 0.170. The van der Waals surface area contributed by atoms with Crippen molar-refractivity contribution in [2.24, 2.45) is 0 Å². The summed E-state index contributed by atoms with van der Waals surface area (Å²) < 4.78 is 8.73. The molecule has 0 fully saturated rings. The third-order valence-corrected chi connectivity index (χ3v) is 11.1. The summed E-state index contributed by atoms with van der Waals surface area (Å²) in [6.45, 7) is 4.32. The maximum absolute atomic E-state index is 6.36. The fourth-order valence-corrected chi connectivity index (χ4v) is 8.58. The van der Waals surface area contributed by atoms with E-state index in [0.717, 1.165) is 66.5 Å². The second kappa shape index (κ2) is 13.5. The molecule has 0 aliphatic heterocycles. The van der Waals surface area contributed by atoms with Crippen LogP contribution in [0.1, 0.15) is 11.1 Å². The Morgan fingerprint density at radius 2 is 0.983 bits per heavy atom. The van der Waals surface area contributed by atoms with Crippen LogP contribution < -0.4 is 0 Å². The number of furan rings is 1. The molecule has 0 spiro atoms. The van der Waals surface area contributed by atoms with Crippen molar-refractivity contribution in [3.8, 4) is 62.1 Å². The minimum atomic E-state index is 0.589. The van der Waals surface area contributed by atoms with Gasteiger partial charge in [-0.25, -0.2) is 15.0 Å². The van der Waals surface area contributed by atoms with Gasteiger partial charge in [-0.05, 0) is 78.6 Å². The average molecular weight is 745 g/mol. The van der Waals surface area contributed by atoms with Crippen LogP contribution >= 0.6 is 0 Å². The first kappa shape index (κ1) is 33.7. The van der Waals surface area contributed by atoms with E-state index in [1.54, 1.807) is 0 Å². The Morgan fingerprint density at radius 3 is 1.72 bits per heavy atom. The summed E-state index contributed by atoms with van der Waals surface area (Å²) in [6.07, 6.45) is 0. The summed E-state index contributed by atoms with van der Waals surface area (Å²) in [5.74, 6) is 1.82. The third kappa shape index (κ3) is 5.67. The minimum absolute atomic E-state index is 0.589. The predicted molar refractivity (Wildman–Crippen MR) is 238 cm³/mol. The molecule has 5 heteroatoms. The number of nitrogens with zero attached hydrogens (tertiary/aromatic N) is 4. The monoisotopic (exact) mass is 744 g/mol. The highest BCUT2D eigenvalue weighted by Gasteiger charge is 2.22. The number of aromatic nitrogens is 4. The maximum atomic E-state index is 6.36. The van der Waals surface area contributed by atoms with Crippen molar-refractivity contribution in [2.75, 3.05) is 0 Å².